The predicted octanol–water partition coefficient (Wildman–Crippen LogP) is 4.85. The molecule has 0 bridgehead atoms. The van der Waals surface area contributed by atoms with Gasteiger partial charge < -0.3 is 4.57 Å². The van der Waals surface area contributed by atoms with Gasteiger partial charge in [-0.2, -0.15) is 0 Å². The van der Waals surface area contributed by atoms with Crippen molar-refractivity contribution in [3.8, 4) is 0 Å². The van der Waals surface area contributed by atoms with E-state index in [1.54, 1.807) is 0 Å². The summed E-state index contributed by atoms with van der Waals surface area (Å²) < 4.78 is 2.74. The molecule has 17 heavy (non-hydrogen) atoms. The van der Waals surface area contributed by atoms with Gasteiger partial charge in [0.25, 0.3) is 0 Å². The molecule has 0 heterocycles. The Labute approximate surface area is 111 Å². The van der Waals surface area contributed by atoms with Crippen molar-refractivity contribution in [2.45, 2.75) is 66.6 Å². The van der Waals surface area contributed by atoms with Gasteiger partial charge in [0.15, 0.2) is 0 Å². The number of hydrogen-bond acceptors (Lipinski definition) is 1. The zero-order valence-electron chi connectivity index (χ0n) is 13.5. The van der Waals surface area contributed by atoms with Crippen LogP contribution in [0.1, 0.15) is 48.5 Å². The Hall–Kier alpha value is 0.177. The Bertz CT molecular complexity index is 173. The highest BCUT2D eigenvalue weighted by Crippen LogP contribution is 2.34. The zero-order chi connectivity index (χ0) is 13.6. The first kappa shape index (κ1) is 17.2. The molecule has 0 spiro atoms. The first-order chi connectivity index (χ1) is 7.73. The number of rotatable bonds is 8. The summed E-state index contributed by atoms with van der Waals surface area (Å²) in [5, 5.41) is 0. The summed E-state index contributed by atoms with van der Waals surface area (Å²) in [6.45, 7) is 17.9. The van der Waals surface area contributed by atoms with Crippen molar-refractivity contribution in [2.24, 2.45) is 17.8 Å². The topological polar surface area (TPSA) is 3.24 Å². The Morgan fingerprint density at radius 3 is 1.24 bits per heavy atom. The van der Waals surface area contributed by atoms with Gasteiger partial charge in [-0.1, -0.05) is 48.5 Å². The second kappa shape index (κ2) is 7.58. The van der Waals surface area contributed by atoms with Gasteiger partial charge in [0.2, 0.25) is 0 Å². The Morgan fingerprint density at radius 1 is 0.765 bits per heavy atom. The maximum atomic E-state index is 2.74. The van der Waals surface area contributed by atoms with Gasteiger partial charge in [-0.3, -0.25) is 0 Å². The van der Waals surface area contributed by atoms with Gasteiger partial charge in [0, 0.05) is 0 Å². The van der Waals surface area contributed by atoms with Gasteiger partial charge in [0.1, 0.15) is 8.24 Å². The minimum Gasteiger partial charge on any atom is -0.326 e. The van der Waals surface area contributed by atoms with E-state index in [0.717, 1.165) is 17.8 Å². The first-order valence-corrected chi connectivity index (χ1v) is 10.0. The van der Waals surface area contributed by atoms with Gasteiger partial charge >= 0.3 is 0 Å². The van der Waals surface area contributed by atoms with Crippen molar-refractivity contribution in [1.29, 1.82) is 0 Å². The maximum absolute atomic E-state index is 2.74. The van der Waals surface area contributed by atoms with E-state index >= 15 is 0 Å². The standard InChI is InChI=1S/C15H35NSi/c1-9-16(8)17(10-13(2)3,11-14(4)5)12-15(6)7/h13-15H,9-12H2,1-8H3. The minimum atomic E-state index is -1.25. The molecular formula is C15H35NSi. The van der Waals surface area contributed by atoms with E-state index in [1.807, 2.05) is 0 Å². The SMILES string of the molecule is CCN(C)[Si](CC(C)C)(CC(C)C)CC(C)C. The van der Waals surface area contributed by atoms with Crippen LogP contribution >= 0.6 is 0 Å². The molecule has 0 saturated carbocycles. The Morgan fingerprint density at radius 2 is 1.06 bits per heavy atom. The summed E-state index contributed by atoms with van der Waals surface area (Å²) in [7, 11) is 1.12. The van der Waals surface area contributed by atoms with Crippen LogP contribution in [-0.2, 0) is 0 Å². The molecule has 0 N–H and O–H groups in total. The van der Waals surface area contributed by atoms with Crippen molar-refractivity contribution >= 4 is 8.24 Å². The summed E-state index contributed by atoms with van der Waals surface area (Å²) in [4.78, 5) is 0. The van der Waals surface area contributed by atoms with E-state index in [1.165, 1.54) is 24.7 Å². The van der Waals surface area contributed by atoms with Crippen LogP contribution in [0, 0.1) is 17.8 Å². The lowest BCUT2D eigenvalue weighted by molar-refractivity contribution is 0.477. The third kappa shape index (κ3) is 6.05. The van der Waals surface area contributed by atoms with Crippen LogP contribution in [0.5, 0.6) is 0 Å². The molecule has 0 atom stereocenters. The predicted molar refractivity (Wildman–Crippen MR) is 83.0 cm³/mol. The van der Waals surface area contributed by atoms with E-state index in [-0.39, 0.29) is 0 Å². The summed E-state index contributed by atoms with van der Waals surface area (Å²) in [5.41, 5.74) is 0. The molecule has 104 valence electrons. The molecule has 0 aliphatic rings. The van der Waals surface area contributed by atoms with Crippen molar-refractivity contribution in [2.75, 3.05) is 13.6 Å². The molecule has 0 radical (unpaired) electrons. The van der Waals surface area contributed by atoms with Crippen LogP contribution in [0.15, 0.2) is 0 Å². The van der Waals surface area contributed by atoms with Crippen LogP contribution in [0.2, 0.25) is 18.1 Å². The normalized spacial score (nSPS) is 13.4. The minimum absolute atomic E-state index is 0.841. The maximum Gasteiger partial charge on any atom is 0.128 e. The van der Waals surface area contributed by atoms with Crippen LogP contribution < -0.4 is 0 Å². The second-order valence-corrected chi connectivity index (χ2v) is 11.5. The second-order valence-electron chi connectivity index (χ2n) is 7.03. The van der Waals surface area contributed by atoms with Crippen molar-refractivity contribution < 1.29 is 0 Å². The molecule has 0 rings (SSSR count). The monoisotopic (exact) mass is 257 g/mol. The molecule has 0 fully saturated rings. The van der Waals surface area contributed by atoms with Gasteiger partial charge in [-0.15, -0.1) is 0 Å². The highest BCUT2D eigenvalue weighted by Gasteiger charge is 2.38. The fourth-order valence-corrected chi connectivity index (χ4v) is 10.00. The van der Waals surface area contributed by atoms with Crippen LogP contribution in [0.4, 0.5) is 0 Å². The zero-order valence-corrected chi connectivity index (χ0v) is 14.5. The van der Waals surface area contributed by atoms with Crippen LogP contribution in [0.25, 0.3) is 0 Å². The molecule has 0 amide bonds. The molecular weight excluding hydrogens is 222 g/mol. The lowest BCUT2D eigenvalue weighted by Crippen LogP contribution is -2.53. The lowest BCUT2D eigenvalue weighted by Gasteiger charge is -2.43. The molecule has 0 saturated heterocycles. The number of nitrogens with zero attached hydrogens (tertiary/aromatic N) is 1. The summed E-state index contributed by atoms with van der Waals surface area (Å²) in [6, 6.07) is 4.40. The molecule has 0 aromatic rings. The van der Waals surface area contributed by atoms with Crippen LogP contribution in [0.3, 0.4) is 0 Å². The summed E-state index contributed by atoms with van der Waals surface area (Å²) in [6.07, 6.45) is 0. The highest BCUT2D eigenvalue weighted by molar-refractivity contribution is 6.77. The average molecular weight is 258 g/mol. The van der Waals surface area contributed by atoms with Gasteiger partial charge in [0.05, 0.1) is 0 Å². The quantitative estimate of drug-likeness (QED) is 0.562. The third-order valence-electron chi connectivity index (χ3n) is 3.65. The lowest BCUT2D eigenvalue weighted by atomic mass is 10.2. The fourth-order valence-electron chi connectivity index (χ4n) is 3.33. The van der Waals surface area contributed by atoms with E-state index in [0.29, 0.717) is 0 Å². The van der Waals surface area contributed by atoms with E-state index in [2.05, 4.69) is 60.1 Å². The van der Waals surface area contributed by atoms with E-state index in [4.69, 9.17) is 0 Å². The van der Waals surface area contributed by atoms with Crippen molar-refractivity contribution in [3.63, 3.8) is 0 Å². The van der Waals surface area contributed by atoms with E-state index < -0.39 is 8.24 Å². The molecule has 0 aromatic heterocycles. The van der Waals surface area contributed by atoms with E-state index in [9.17, 15) is 0 Å². The van der Waals surface area contributed by atoms with Crippen molar-refractivity contribution in [1.82, 2.24) is 4.57 Å². The Balaban J connectivity index is 5.04. The molecule has 0 aromatic carbocycles. The molecule has 0 aliphatic heterocycles. The first-order valence-electron chi connectivity index (χ1n) is 7.44. The smallest absolute Gasteiger partial charge is 0.128 e. The highest BCUT2D eigenvalue weighted by atomic mass is 28.3. The van der Waals surface area contributed by atoms with Crippen LogP contribution in [-0.4, -0.2) is 26.4 Å². The van der Waals surface area contributed by atoms with Crippen molar-refractivity contribution in [3.05, 3.63) is 0 Å². The molecule has 0 aliphatic carbocycles. The average Bonchev–Trinajstić information content (AvgIpc) is 2.12. The Kier molecular flexibility index (Phi) is 7.66. The largest absolute Gasteiger partial charge is 0.326 e. The van der Waals surface area contributed by atoms with Gasteiger partial charge in [-0.25, -0.2) is 0 Å². The van der Waals surface area contributed by atoms with Gasteiger partial charge in [-0.05, 0) is 49.5 Å². The molecule has 0 unspecified atom stereocenters. The number of hydrogen-bond donors (Lipinski definition) is 0. The summed E-state index contributed by atoms with van der Waals surface area (Å²) in [5.74, 6) is 2.52. The molecule has 2 heteroatoms. The summed E-state index contributed by atoms with van der Waals surface area (Å²) >= 11 is 0. The fraction of sp³-hybridized carbons (Fsp3) is 1.00. The third-order valence-corrected chi connectivity index (χ3v) is 10.3. The molecule has 1 nitrogen and oxygen atoms in total.